The number of ether oxygens (including phenoxy) is 1. The lowest BCUT2D eigenvalue weighted by Gasteiger charge is -2.12. The second kappa shape index (κ2) is 9.34. The zero-order valence-electron chi connectivity index (χ0n) is 14.8. The Labute approximate surface area is 167 Å². The minimum atomic E-state index is -1.16. The normalized spacial score (nSPS) is 10.4. The molecule has 8 heteroatoms. The maximum absolute atomic E-state index is 12.3. The Hall–Kier alpha value is -2.64. The number of thiocarbonyl (C=S) groups is 1. The van der Waals surface area contributed by atoms with Gasteiger partial charge in [-0.3, -0.25) is 10.1 Å². The predicted molar refractivity (Wildman–Crippen MR) is 109 cm³/mol. The highest BCUT2D eigenvalue weighted by Gasteiger charge is 2.14. The van der Waals surface area contributed by atoms with Crippen LogP contribution in [0.1, 0.15) is 34.6 Å². The quantitative estimate of drug-likeness (QED) is 0.623. The van der Waals surface area contributed by atoms with Gasteiger partial charge >= 0.3 is 5.97 Å². The molecule has 0 aliphatic rings. The second-order valence-electron chi connectivity index (χ2n) is 6.13. The summed E-state index contributed by atoms with van der Waals surface area (Å²) in [5.74, 6) is -0.506. The number of halogens is 1. The smallest absolute Gasteiger partial charge is 0.337 e. The van der Waals surface area contributed by atoms with Gasteiger partial charge in [-0.05, 0) is 60.6 Å². The minimum absolute atomic E-state index is 0.0232. The molecular weight excluding hydrogens is 388 g/mol. The fourth-order valence-corrected chi connectivity index (χ4v) is 2.47. The van der Waals surface area contributed by atoms with Gasteiger partial charge in [-0.25, -0.2) is 4.79 Å². The largest absolute Gasteiger partial charge is 0.493 e. The van der Waals surface area contributed by atoms with Gasteiger partial charge in [0.05, 0.1) is 17.9 Å². The molecule has 0 saturated carbocycles. The van der Waals surface area contributed by atoms with Gasteiger partial charge in [-0.15, -0.1) is 0 Å². The standard InChI is InChI=1S/C19H19ClN2O4S/c1-11(2)10-26-14-6-3-12(4-7-14)17(23)22-19(27)21-16-8-5-13(20)9-15(16)18(24)25/h3-9,11H,10H2,1-2H3,(H,24,25)(H2,21,22,23,27). The summed E-state index contributed by atoms with van der Waals surface area (Å²) in [6.07, 6.45) is 0. The van der Waals surface area contributed by atoms with Gasteiger partial charge in [0.2, 0.25) is 0 Å². The fraction of sp³-hybridized carbons (Fsp3) is 0.211. The van der Waals surface area contributed by atoms with E-state index in [1.165, 1.54) is 18.2 Å². The highest BCUT2D eigenvalue weighted by Crippen LogP contribution is 2.21. The summed E-state index contributed by atoms with van der Waals surface area (Å²) < 4.78 is 5.57. The van der Waals surface area contributed by atoms with Crippen LogP contribution in [0.25, 0.3) is 0 Å². The van der Waals surface area contributed by atoms with Crippen molar-refractivity contribution in [2.45, 2.75) is 13.8 Å². The molecule has 0 heterocycles. The first-order chi connectivity index (χ1) is 12.8. The SMILES string of the molecule is CC(C)COc1ccc(C(=O)NC(=S)Nc2ccc(Cl)cc2C(=O)O)cc1. The Morgan fingerprint density at radius 2 is 1.85 bits per heavy atom. The first-order valence-corrected chi connectivity index (χ1v) is 8.93. The van der Waals surface area contributed by atoms with Crippen molar-refractivity contribution in [1.82, 2.24) is 5.32 Å². The van der Waals surface area contributed by atoms with Crippen molar-refractivity contribution in [2.75, 3.05) is 11.9 Å². The average molecular weight is 407 g/mol. The molecule has 3 N–H and O–H groups in total. The van der Waals surface area contributed by atoms with Gasteiger partial charge in [0.1, 0.15) is 5.75 Å². The topological polar surface area (TPSA) is 87.7 Å². The van der Waals surface area contributed by atoms with Gasteiger partial charge in [-0.2, -0.15) is 0 Å². The lowest BCUT2D eigenvalue weighted by molar-refractivity contribution is 0.0697. The molecule has 142 valence electrons. The first-order valence-electron chi connectivity index (χ1n) is 8.14. The van der Waals surface area contributed by atoms with Crippen molar-refractivity contribution in [3.05, 3.63) is 58.6 Å². The number of hydrogen-bond donors (Lipinski definition) is 3. The molecule has 0 aliphatic heterocycles. The van der Waals surface area contributed by atoms with E-state index >= 15 is 0 Å². The van der Waals surface area contributed by atoms with E-state index in [4.69, 9.17) is 28.6 Å². The van der Waals surface area contributed by atoms with Gasteiger partial charge in [0.25, 0.3) is 5.91 Å². The number of amides is 1. The van der Waals surface area contributed by atoms with E-state index < -0.39 is 11.9 Å². The molecule has 0 saturated heterocycles. The van der Waals surface area contributed by atoms with Crippen LogP contribution in [0.2, 0.25) is 5.02 Å². The molecule has 0 radical (unpaired) electrons. The van der Waals surface area contributed by atoms with Crippen LogP contribution < -0.4 is 15.4 Å². The maximum atomic E-state index is 12.3. The van der Waals surface area contributed by atoms with E-state index in [9.17, 15) is 14.7 Å². The van der Waals surface area contributed by atoms with Crippen LogP contribution in [0, 0.1) is 5.92 Å². The summed E-state index contributed by atoms with van der Waals surface area (Å²) in [4.78, 5) is 23.6. The van der Waals surface area contributed by atoms with Gasteiger partial charge < -0.3 is 15.2 Å². The number of carbonyl (C=O) groups excluding carboxylic acids is 1. The number of carboxylic acid groups (broad SMARTS) is 1. The lowest BCUT2D eigenvalue weighted by Crippen LogP contribution is -2.34. The molecule has 0 atom stereocenters. The van der Waals surface area contributed by atoms with E-state index in [1.807, 2.05) is 13.8 Å². The molecular formula is C19H19ClN2O4S. The van der Waals surface area contributed by atoms with Crippen molar-refractivity contribution < 1.29 is 19.4 Å². The third-order valence-electron chi connectivity index (χ3n) is 3.39. The van der Waals surface area contributed by atoms with Crippen molar-refractivity contribution in [3.63, 3.8) is 0 Å². The molecule has 0 unspecified atom stereocenters. The van der Waals surface area contributed by atoms with Crippen molar-refractivity contribution in [3.8, 4) is 5.75 Å². The highest BCUT2D eigenvalue weighted by atomic mass is 35.5. The summed E-state index contributed by atoms with van der Waals surface area (Å²) in [6.45, 7) is 4.69. The predicted octanol–water partition coefficient (Wildman–Crippen LogP) is 4.20. The number of nitrogens with one attached hydrogen (secondary N) is 2. The van der Waals surface area contributed by atoms with E-state index in [-0.39, 0.29) is 21.4 Å². The van der Waals surface area contributed by atoms with Gasteiger partial charge in [0.15, 0.2) is 5.11 Å². The van der Waals surface area contributed by atoms with E-state index in [0.29, 0.717) is 23.8 Å². The number of benzene rings is 2. The zero-order valence-corrected chi connectivity index (χ0v) is 16.4. The molecule has 2 rings (SSSR count). The first kappa shape index (κ1) is 20.7. The van der Waals surface area contributed by atoms with E-state index in [2.05, 4.69) is 10.6 Å². The van der Waals surface area contributed by atoms with Crippen LogP contribution in [0.5, 0.6) is 5.75 Å². The van der Waals surface area contributed by atoms with Crippen molar-refractivity contribution in [2.24, 2.45) is 5.92 Å². The minimum Gasteiger partial charge on any atom is -0.493 e. The molecule has 0 spiro atoms. The summed E-state index contributed by atoms with van der Waals surface area (Å²) >= 11 is 10.9. The Morgan fingerprint density at radius 1 is 1.19 bits per heavy atom. The highest BCUT2D eigenvalue weighted by molar-refractivity contribution is 7.80. The number of carboxylic acids is 1. The third-order valence-corrected chi connectivity index (χ3v) is 3.83. The van der Waals surface area contributed by atoms with Crippen molar-refractivity contribution in [1.29, 1.82) is 0 Å². The Morgan fingerprint density at radius 3 is 2.44 bits per heavy atom. The molecule has 2 aromatic carbocycles. The Bertz CT molecular complexity index is 853. The molecule has 0 fully saturated rings. The van der Waals surface area contributed by atoms with Gasteiger partial charge in [-0.1, -0.05) is 25.4 Å². The summed E-state index contributed by atoms with van der Waals surface area (Å²) in [5.41, 5.74) is 0.575. The number of anilines is 1. The van der Waals surface area contributed by atoms with Crippen LogP contribution in [-0.2, 0) is 0 Å². The Balaban J connectivity index is 2.00. The number of aromatic carboxylic acids is 1. The monoisotopic (exact) mass is 406 g/mol. The Kier molecular flexibility index (Phi) is 7.15. The van der Waals surface area contributed by atoms with Crippen LogP contribution >= 0.6 is 23.8 Å². The average Bonchev–Trinajstić information content (AvgIpc) is 2.61. The zero-order chi connectivity index (χ0) is 20.0. The fourth-order valence-electron chi connectivity index (χ4n) is 2.10. The molecule has 1 amide bonds. The molecule has 6 nitrogen and oxygen atoms in total. The van der Waals surface area contributed by atoms with E-state index in [0.717, 1.165) is 0 Å². The number of rotatable bonds is 6. The maximum Gasteiger partial charge on any atom is 0.337 e. The van der Waals surface area contributed by atoms with E-state index in [1.54, 1.807) is 24.3 Å². The van der Waals surface area contributed by atoms with Crippen LogP contribution in [-0.4, -0.2) is 28.7 Å². The molecule has 27 heavy (non-hydrogen) atoms. The van der Waals surface area contributed by atoms with Crippen LogP contribution in [0.3, 0.4) is 0 Å². The molecule has 2 aromatic rings. The van der Waals surface area contributed by atoms with Crippen LogP contribution in [0.15, 0.2) is 42.5 Å². The molecule has 0 aromatic heterocycles. The summed E-state index contributed by atoms with van der Waals surface area (Å²) in [7, 11) is 0. The molecule has 0 bridgehead atoms. The van der Waals surface area contributed by atoms with Crippen LogP contribution in [0.4, 0.5) is 5.69 Å². The third kappa shape index (κ3) is 6.23. The summed E-state index contributed by atoms with van der Waals surface area (Å²) in [5, 5.41) is 14.7. The van der Waals surface area contributed by atoms with Crippen molar-refractivity contribution >= 4 is 46.5 Å². The second-order valence-corrected chi connectivity index (χ2v) is 6.98. The summed E-state index contributed by atoms with van der Waals surface area (Å²) in [6, 6.07) is 11.0. The molecule has 0 aliphatic carbocycles. The number of hydrogen-bond acceptors (Lipinski definition) is 4. The van der Waals surface area contributed by atoms with Gasteiger partial charge in [0, 0.05) is 10.6 Å². The lowest BCUT2D eigenvalue weighted by atomic mass is 10.2. The number of carbonyl (C=O) groups is 2.